The Morgan fingerprint density at radius 1 is 1.37 bits per heavy atom. The molecule has 5 nitrogen and oxygen atoms in total. The van der Waals surface area contributed by atoms with Crippen LogP contribution in [0.2, 0.25) is 0 Å². The SMILES string of the molecule is Cc1ccc(N)cc1NC(=O)CSc1ncccn1. The molecule has 1 aromatic heterocycles. The zero-order valence-electron chi connectivity index (χ0n) is 10.5. The number of nitrogens with zero attached hydrogens (tertiary/aromatic N) is 2. The summed E-state index contributed by atoms with van der Waals surface area (Å²) in [5, 5.41) is 3.41. The molecule has 0 atom stereocenters. The van der Waals surface area contributed by atoms with E-state index in [1.165, 1.54) is 11.8 Å². The maximum atomic E-state index is 11.8. The molecule has 2 rings (SSSR count). The molecule has 0 radical (unpaired) electrons. The van der Waals surface area contributed by atoms with Gasteiger partial charge in [-0.25, -0.2) is 9.97 Å². The van der Waals surface area contributed by atoms with Crippen molar-refractivity contribution in [2.24, 2.45) is 0 Å². The molecule has 1 heterocycles. The normalized spacial score (nSPS) is 10.2. The molecule has 1 amide bonds. The molecule has 19 heavy (non-hydrogen) atoms. The summed E-state index contributed by atoms with van der Waals surface area (Å²) in [7, 11) is 0. The molecule has 0 saturated heterocycles. The summed E-state index contributed by atoms with van der Waals surface area (Å²) < 4.78 is 0. The maximum absolute atomic E-state index is 11.8. The number of nitrogens with one attached hydrogen (secondary N) is 1. The Morgan fingerprint density at radius 3 is 2.84 bits per heavy atom. The van der Waals surface area contributed by atoms with Crippen LogP contribution in [0.15, 0.2) is 41.8 Å². The number of anilines is 2. The van der Waals surface area contributed by atoms with Crippen molar-refractivity contribution in [3.05, 3.63) is 42.2 Å². The van der Waals surface area contributed by atoms with Gasteiger partial charge < -0.3 is 11.1 Å². The molecule has 1 aromatic carbocycles. The summed E-state index contributed by atoms with van der Waals surface area (Å²) >= 11 is 1.29. The van der Waals surface area contributed by atoms with E-state index < -0.39 is 0 Å². The molecule has 0 aliphatic heterocycles. The van der Waals surface area contributed by atoms with E-state index in [4.69, 9.17) is 5.73 Å². The highest BCUT2D eigenvalue weighted by atomic mass is 32.2. The van der Waals surface area contributed by atoms with E-state index in [-0.39, 0.29) is 11.7 Å². The van der Waals surface area contributed by atoms with E-state index >= 15 is 0 Å². The summed E-state index contributed by atoms with van der Waals surface area (Å²) in [5.41, 5.74) is 8.03. The average molecular weight is 274 g/mol. The van der Waals surface area contributed by atoms with Crippen molar-refractivity contribution < 1.29 is 4.79 Å². The Hall–Kier alpha value is -2.08. The smallest absolute Gasteiger partial charge is 0.234 e. The van der Waals surface area contributed by atoms with E-state index in [1.807, 2.05) is 13.0 Å². The van der Waals surface area contributed by atoms with E-state index in [2.05, 4.69) is 15.3 Å². The third kappa shape index (κ3) is 3.96. The van der Waals surface area contributed by atoms with Gasteiger partial charge in [0.15, 0.2) is 5.16 Å². The first kappa shape index (κ1) is 13.4. The van der Waals surface area contributed by atoms with Gasteiger partial charge in [-0.3, -0.25) is 4.79 Å². The van der Waals surface area contributed by atoms with Crippen LogP contribution in [0.1, 0.15) is 5.56 Å². The van der Waals surface area contributed by atoms with E-state index in [0.717, 1.165) is 11.3 Å². The van der Waals surface area contributed by atoms with Crippen molar-refractivity contribution in [2.45, 2.75) is 12.1 Å². The highest BCUT2D eigenvalue weighted by molar-refractivity contribution is 7.99. The molecule has 2 aromatic rings. The first-order valence-corrected chi connectivity index (χ1v) is 6.69. The summed E-state index contributed by atoms with van der Waals surface area (Å²) in [6.07, 6.45) is 3.30. The lowest BCUT2D eigenvalue weighted by atomic mass is 10.2. The van der Waals surface area contributed by atoms with Crippen LogP contribution in [-0.2, 0) is 4.79 Å². The number of nitrogens with two attached hydrogens (primary N) is 1. The second-order valence-corrected chi connectivity index (χ2v) is 4.89. The van der Waals surface area contributed by atoms with Gasteiger partial charge in [0.05, 0.1) is 5.75 Å². The number of benzene rings is 1. The highest BCUT2D eigenvalue weighted by Gasteiger charge is 2.07. The van der Waals surface area contributed by atoms with Crippen molar-refractivity contribution in [3.63, 3.8) is 0 Å². The Morgan fingerprint density at radius 2 is 2.11 bits per heavy atom. The van der Waals surface area contributed by atoms with E-state index in [9.17, 15) is 4.79 Å². The zero-order chi connectivity index (χ0) is 13.7. The van der Waals surface area contributed by atoms with Gasteiger partial charge in [0.25, 0.3) is 0 Å². The quantitative estimate of drug-likeness (QED) is 0.507. The van der Waals surface area contributed by atoms with Crippen LogP contribution in [-0.4, -0.2) is 21.6 Å². The van der Waals surface area contributed by atoms with E-state index in [1.54, 1.807) is 30.6 Å². The summed E-state index contributed by atoms with van der Waals surface area (Å²) in [4.78, 5) is 19.9. The second-order valence-electron chi connectivity index (χ2n) is 3.94. The first-order valence-electron chi connectivity index (χ1n) is 5.71. The Bertz CT molecular complexity index is 574. The largest absolute Gasteiger partial charge is 0.399 e. The lowest BCUT2D eigenvalue weighted by Crippen LogP contribution is -2.15. The number of hydrogen-bond acceptors (Lipinski definition) is 5. The monoisotopic (exact) mass is 274 g/mol. The molecule has 0 spiro atoms. The molecule has 0 saturated carbocycles. The lowest BCUT2D eigenvalue weighted by molar-refractivity contribution is -0.113. The van der Waals surface area contributed by atoms with Gasteiger partial charge in [0, 0.05) is 23.8 Å². The van der Waals surface area contributed by atoms with Crippen molar-refractivity contribution >= 4 is 29.0 Å². The van der Waals surface area contributed by atoms with Crippen LogP contribution < -0.4 is 11.1 Å². The Kier molecular flexibility index (Phi) is 4.35. The van der Waals surface area contributed by atoms with Crippen molar-refractivity contribution in [3.8, 4) is 0 Å². The minimum Gasteiger partial charge on any atom is -0.399 e. The minimum atomic E-state index is -0.105. The number of aryl methyl sites for hydroxylation is 1. The summed E-state index contributed by atoms with van der Waals surface area (Å²) in [6.45, 7) is 1.92. The number of carbonyl (C=O) groups excluding carboxylic acids is 1. The molecule has 98 valence electrons. The number of amides is 1. The van der Waals surface area contributed by atoms with Crippen molar-refractivity contribution in [2.75, 3.05) is 16.8 Å². The van der Waals surface area contributed by atoms with Gasteiger partial charge in [0.2, 0.25) is 5.91 Å². The number of rotatable bonds is 4. The molecule has 0 aliphatic rings. The predicted molar refractivity (Wildman–Crippen MR) is 77.0 cm³/mol. The van der Waals surface area contributed by atoms with Crippen LogP contribution in [0.5, 0.6) is 0 Å². The molecule has 6 heteroatoms. The lowest BCUT2D eigenvalue weighted by Gasteiger charge is -2.08. The zero-order valence-corrected chi connectivity index (χ0v) is 11.3. The molecule has 3 N–H and O–H groups in total. The minimum absolute atomic E-state index is 0.105. The first-order chi connectivity index (χ1) is 9.15. The molecule has 0 bridgehead atoms. The fraction of sp³-hybridized carbons (Fsp3) is 0.154. The van der Waals surface area contributed by atoms with Crippen LogP contribution in [0.4, 0.5) is 11.4 Å². The van der Waals surface area contributed by atoms with E-state index in [0.29, 0.717) is 10.8 Å². The van der Waals surface area contributed by atoms with Crippen LogP contribution >= 0.6 is 11.8 Å². The fourth-order valence-electron chi connectivity index (χ4n) is 1.45. The van der Waals surface area contributed by atoms with Crippen LogP contribution in [0.3, 0.4) is 0 Å². The number of hydrogen-bond donors (Lipinski definition) is 2. The maximum Gasteiger partial charge on any atom is 0.234 e. The number of carbonyl (C=O) groups is 1. The van der Waals surface area contributed by atoms with Gasteiger partial charge >= 0.3 is 0 Å². The number of thioether (sulfide) groups is 1. The summed E-state index contributed by atoms with van der Waals surface area (Å²) in [5.74, 6) is 0.157. The van der Waals surface area contributed by atoms with Crippen LogP contribution in [0, 0.1) is 6.92 Å². The van der Waals surface area contributed by atoms with Gasteiger partial charge in [-0.15, -0.1) is 0 Å². The topological polar surface area (TPSA) is 80.9 Å². The van der Waals surface area contributed by atoms with Crippen molar-refractivity contribution in [1.82, 2.24) is 9.97 Å². The molecule has 0 fully saturated rings. The third-order valence-corrected chi connectivity index (χ3v) is 3.29. The highest BCUT2D eigenvalue weighted by Crippen LogP contribution is 2.19. The Labute approximate surface area is 115 Å². The van der Waals surface area contributed by atoms with Crippen molar-refractivity contribution in [1.29, 1.82) is 0 Å². The fourth-order valence-corrected chi connectivity index (χ4v) is 2.05. The van der Waals surface area contributed by atoms with Gasteiger partial charge in [0.1, 0.15) is 0 Å². The number of aromatic nitrogens is 2. The Balaban J connectivity index is 1.93. The molecular formula is C13H14N4OS. The summed E-state index contributed by atoms with van der Waals surface area (Å²) in [6, 6.07) is 7.16. The van der Waals surface area contributed by atoms with Gasteiger partial charge in [-0.05, 0) is 30.7 Å². The predicted octanol–water partition coefficient (Wildman–Crippen LogP) is 2.10. The standard InChI is InChI=1S/C13H14N4OS/c1-9-3-4-10(14)7-11(9)17-12(18)8-19-13-15-5-2-6-16-13/h2-7H,8,14H2,1H3,(H,17,18). The average Bonchev–Trinajstić information content (AvgIpc) is 2.42. The second kappa shape index (κ2) is 6.19. The molecular weight excluding hydrogens is 260 g/mol. The van der Waals surface area contributed by atoms with Gasteiger partial charge in [-0.1, -0.05) is 17.8 Å². The van der Waals surface area contributed by atoms with Gasteiger partial charge in [-0.2, -0.15) is 0 Å². The number of nitrogen functional groups attached to an aromatic ring is 1. The third-order valence-electron chi connectivity index (χ3n) is 2.41. The molecule has 0 unspecified atom stereocenters. The van der Waals surface area contributed by atoms with Crippen LogP contribution in [0.25, 0.3) is 0 Å². The molecule has 0 aliphatic carbocycles.